The molecule has 0 heterocycles. The maximum absolute atomic E-state index is 12.0. The van der Waals surface area contributed by atoms with E-state index in [4.69, 9.17) is 17.1 Å². The molecule has 1 aromatic carbocycles. The van der Waals surface area contributed by atoms with Gasteiger partial charge in [-0.3, -0.25) is 0 Å². The molecule has 0 atom stereocenters. The van der Waals surface area contributed by atoms with Crippen LogP contribution in [0, 0.1) is 0 Å². The molecular formula is C7H3ClF3N3S. The lowest BCUT2D eigenvalue weighted by atomic mass is 10.3. The van der Waals surface area contributed by atoms with Crippen molar-refractivity contribution in [3.05, 3.63) is 33.7 Å². The van der Waals surface area contributed by atoms with Gasteiger partial charge in [0.25, 0.3) is 0 Å². The van der Waals surface area contributed by atoms with Crippen LogP contribution < -0.4 is 0 Å². The number of nitrogens with zero attached hydrogens (tertiary/aromatic N) is 3. The number of thioether (sulfide) groups is 1. The molecule has 0 saturated heterocycles. The fourth-order valence-electron chi connectivity index (χ4n) is 0.811. The average Bonchev–Trinajstić information content (AvgIpc) is 2.08. The lowest BCUT2D eigenvalue weighted by Crippen LogP contribution is -1.99. The first-order chi connectivity index (χ1) is 6.92. The van der Waals surface area contributed by atoms with Gasteiger partial charge in [-0.2, -0.15) is 13.2 Å². The first-order valence-electron chi connectivity index (χ1n) is 3.53. The molecule has 8 heteroatoms. The highest BCUT2D eigenvalue weighted by Crippen LogP contribution is 2.41. The van der Waals surface area contributed by atoms with Crippen LogP contribution in [-0.4, -0.2) is 5.51 Å². The summed E-state index contributed by atoms with van der Waals surface area (Å²) in [5.74, 6) is 0. The Balaban J connectivity index is 2.98. The Labute approximate surface area is 91.9 Å². The highest BCUT2D eigenvalue weighted by molar-refractivity contribution is 8.00. The van der Waals surface area contributed by atoms with E-state index >= 15 is 0 Å². The molecule has 0 aliphatic carbocycles. The van der Waals surface area contributed by atoms with Crippen LogP contribution in [0.2, 0.25) is 5.02 Å². The maximum atomic E-state index is 12.0. The molecule has 3 nitrogen and oxygen atoms in total. The maximum Gasteiger partial charge on any atom is 0.446 e. The highest BCUT2D eigenvalue weighted by Gasteiger charge is 2.30. The van der Waals surface area contributed by atoms with Gasteiger partial charge >= 0.3 is 5.51 Å². The summed E-state index contributed by atoms with van der Waals surface area (Å²) in [6, 6.07) is 3.60. The van der Waals surface area contributed by atoms with E-state index in [1.165, 1.54) is 12.1 Å². The van der Waals surface area contributed by atoms with E-state index in [9.17, 15) is 13.2 Å². The Kier molecular flexibility index (Phi) is 3.73. The van der Waals surface area contributed by atoms with E-state index in [2.05, 4.69) is 10.0 Å². The third-order valence-electron chi connectivity index (χ3n) is 1.30. The third-order valence-corrected chi connectivity index (χ3v) is 2.53. The summed E-state index contributed by atoms with van der Waals surface area (Å²) >= 11 is 5.25. The van der Waals surface area contributed by atoms with Gasteiger partial charge in [-0.25, -0.2) is 0 Å². The van der Waals surface area contributed by atoms with Crippen molar-refractivity contribution >= 4 is 29.1 Å². The predicted molar refractivity (Wildman–Crippen MR) is 52.2 cm³/mol. The van der Waals surface area contributed by atoms with Crippen LogP contribution in [0.4, 0.5) is 18.9 Å². The molecule has 0 bridgehead atoms. The van der Waals surface area contributed by atoms with Crippen molar-refractivity contribution in [2.75, 3.05) is 0 Å². The Morgan fingerprint density at radius 1 is 1.40 bits per heavy atom. The zero-order valence-electron chi connectivity index (χ0n) is 6.99. The van der Waals surface area contributed by atoms with Crippen molar-refractivity contribution in [1.82, 2.24) is 0 Å². The molecule has 0 aromatic heterocycles. The van der Waals surface area contributed by atoms with E-state index < -0.39 is 5.51 Å². The smallest absolute Gasteiger partial charge is 0.160 e. The molecule has 0 radical (unpaired) electrons. The van der Waals surface area contributed by atoms with Crippen LogP contribution >= 0.6 is 23.4 Å². The zero-order valence-corrected chi connectivity index (χ0v) is 8.57. The third kappa shape index (κ3) is 3.91. The van der Waals surface area contributed by atoms with Gasteiger partial charge < -0.3 is 0 Å². The molecule has 15 heavy (non-hydrogen) atoms. The minimum Gasteiger partial charge on any atom is -0.160 e. The molecule has 0 amide bonds. The fourth-order valence-corrected chi connectivity index (χ4v) is 1.64. The summed E-state index contributed by atoms with van der Waals surface area (Å²) < 4.78 is 36.0. The SMILES string of the molecule is [N-]=[N+]=Nc1ccc(SC(F)(F)F)c(Cl)c1. The van der Waals surface area contributed by atoms with Crippen molar-refractivity contribution in [3.8, 4) is 0 Å². The van der Waals surface area contributed by atoms with Crippen molar-refractivity contribution in [2.45, 2.75) is 10.4 Å². The van der Waals surface area contributed by atoms with Crippen molar-refractivity contribution in [2.24, 2.45) is 5.11 Å². The molecule has 0 unspecified atom stereocenters. The van der Waals surface area contributed by atoms with Gasteiger partial charge in [0.2, 0.25) is 0 Å². The Morgan fingerprint density at radius 2 is 2.07 bits per heavy atom. The largest absolute Gasteiger partial charge is 0.446 e. The van der Waals surface area contributed by atoms with E-state index in [1.807, 2.05) is 0 Å². The lowest BCUT2D eigenvalue weighted by molar-refractivity contribution is -0.0328. The number of azide groups is 1. The predicted octanol–water partition coefficient (Wildman–Crippen LogP) is 4.89. The molecule has 0 spiro atoms. The average molecular weight is 254 g/mol. The van der Waals surface area contributed by atoms with Gasteiger partial charge in [0.1, 0.15) is 0 Å². The number of alkyl halides is 3. The summed E-state index contributed by atoms with van der Waals surface area (Å²) in [5, 5.41) is 3.12. The Morgan fingerprint density at radius 3 is 2.53 bits per heavy atom. The van der Waals surface area contributed by atoms with Gasteiger partial charge in [0.15, 0.2) is 0 Å². The molecule has 0 N–H and O–H groups in total. The van der Waals surface area contributed by atoms with Crippen molar-refractivity contribution < 1.29 is 13.2 Å². The number of benzene rings is 1. The first-order valence-corrected chi connectivity index (χ1v) is 4.72. The van der Waals surface area contributed by atoms with E-state index in [0.717, 1.165) is 6.07 Å². The summed E-state index contributed by atoms with van der Waals surface area (Å²) in [7, 11) is 0. The van der Waals surface area contributed by atoms with Crippen LogP contribution in [0.15, 0.2) is 28.2 Å². The lowest BCUT2D eigenvalue weighted by Gasteiger charge is -2.07. The second-order valence-corrected chi connectivity index (χ2v) is 3.87. The molecule has 80 valence electrons. The van der Waals surface area contributed by atoms with Gasteiger partial charge in [-0.1, -0.05) is 22.8 Å². The van der Waals surface area contributed by atoms with Crippen LogP contribution in [0.1, 0.15) is 0 Å². The highest BCUT2D eigenvalue weighted by atomic mass is 35.5. The number of halogens is 4. The second kappa shape index (κ2) is 4.65. The summed E-state index contributed by atoms with van der Waals surface area (Å²) in [5.41, 5.74) is 3.89. The van der Waals surface area contributed by atoms with E-state index in [-0.39, 0.29) is 27.4 Å². The Bertz CT molecular complexity index is 414. The zero-order chi connectivity index (χ0) is 11.5. The van der Waals surface area contributed by atoms with Crippen LogP contribution in [0.25, 0.3) is 10.4 Å². The first kappa shape index (κ1) is 12.0. The molecular weight excluding hydrogens is 251 g/mol. The molecule has 0 aliphatic heterocycles. The van der Waals surface area contributed by atoms with Crippen LogP contribution in [0.5, 0.6) is 0 Å². The standard InChI is InChI=1S/C7H3ClF3N3S/c8-5-3-4(13-14-12)1-2-6(5)15-7(9,10)11/h1-3H. The molecule has 0 fully saturated rings. The number of hydrogen-bond donors (Lipinski definition) is 0. The minimum absolute atomic E-state index is 0.0952. The molecule has 1 aromatic rings. The van der Waals surface area contributed by atoms with Crippen LogP contribution in [0.3, 0.4) is 0 Å². The fraction of sp³-hybridized carbons (Fsp3) is 0.143. The molecule has 0 aliphatic rings. The normalized spacial score (nSPS) is 10.9. The monoisotopic (exact) mass is 253 g/mol. The summed E-state index contributed by atoms with van der Waals surface area (Å²) in [6.07, 6.45) is 0. The quantitative estimate of drug-likeness (QED) is 0.320. The number of hydrogen-bond acceptors (Lipinski definition) is 2. The van der Waals surface area contributed by atoms with E-state index in [1.54, 1.807) is 0 Å². The summed E-state index contributed by atoms with van der Waals surface area (Å²) in [4.78, 5) is 2.36. The van der Waals surface area contributed by atoms with Crippen molar-refractivity contribution in [1.29, 1.82) is 0 Å². The Hall–Kier alpha value is -1.04. The van der Waals surface area contributed by atoms with Crippen LogP contribution in [-0.2, 0) is 0 Å². The number of rotatable bonds is 2. The summed E-state index contributed by atoms with van der Waals surface area (Å²) in [6.45, 7) is 0. The molecule has 0 saturated carbocycles. The van der Waals surface area contributed by atoms with E-state index in [0.29, 0.717) is 0 Å². The topological polar surface area (TPSA) is 48.8 Å². The van der Waals surface area contributed by atoms with Gasteiger partial charge in [0.05, 0.1) is 5.02 Å². The molecule has 1 rings (SSSR count). The van der Waals surface area contributed by atoms with Gasteiger partial charge in [-0.05, 0) is 29.4 Å². The second-order valence-electron chi connectivity index (χ2n) is 2.35. The van der Waals surface area contributed by atoms with Gasteiger partial charge in [-0.15, -0.1) is 0 Å². The van der Waals surface area contributed by atoms with Gasteiger partial charge in [0, 0.05) is 15.5 Å². The minimum atomic E-state index is -4.39. The van der Waals surface area contributed by atoms with Crippen molar-refractivity contribution in [3.63, 3.8) is 0 Å².